The smallest absolute Gasteiger partial charge is 0.263 e. The van der Waals surface area contributed by atoms with Gasteiger partial charge in [-0.05, 0) is 36.1 Å². The van der Waals surface area contributed by atoms with E-state index in [4.69, 9.17) is 9.47 Å². The van der Waals surface area contributed by atoms with E-state index in [2.05, 4.69) is 5.32 Å². The molecule has 158 valence electrons. The van der Waals surface area contributed by atoms with Crippen molar-refractivity contribution in [1.82, 2.24) is 9.62 Å². The fraction of sp³-hybridized carbons (Fsp3) is 0.421. The number of nitrogens with one attached hydrogen (secondary N) is 1. The Morgan fingerprint density at radius 3 is 2.48 bits per heavy atom. The number of ether oxygens (including phenoxy) is 2. The standard InChI is InChI=1S/C19H24N2O5S3/c1-13(14-4-5-15(25-2)16(12-14)26-3)20-19(22)18-17(6-9-28-18)29(23,24)21-7-10-27-11-8-21/h4-6,9,12-13H,7-8,10-11H2,1-3H3,(H,20,22). The second-order valence-corrected chi connectivity index (χ2v) is 10.5. The number of thiophene rings is 1. The van der Waals surface area contributed by atoms with Crippen LogP contribution in [-0.4, -0.2) is 57.4 Å². The van der Waals surface area contributed by atoms with Gasteiger partial charge >= 0.3 is 0 Å². The van der Waals surface area contributed by atoms with Crippen molar-refractivity contribution in [3.05, 3.63) is 40.1 Å². The molecule has 1 aromatic carbocycles. The number of methoxy groups -OCH3 is 2. The summed E-state index contributed by atoms with van der Waals surface area (Å²) in [4.78, 5) is 13.2. The molecule has 1 saturated heterocycles. The lowest BCUT2D eigenvalue weighted by Crippen LogP contribution is -2.38. The molecule has 29 heavy (non-hydrogen) atoms. The van der Waals surface area contributed by atoms with Crippen molar-refractivity contribution in [2.45, 2.75) is 17.9 Å². The Morgan fingerprint density at radius 2 is 1.83 bits per heavy atom. The number of nitrogens with zero attached hydrogens (tertiary/aromatic N) is 1. The van der Waals surface area contributed by atoms with Gasteiger partial charge in [0, 0.05) is 24.6 Å². The Kier molecular flexibility index (Phi) is 7.10. The summed E-state index contributed by atoms with van der Waals surface area (Å²) in [6.07, 6.45) is 0. The first kappa shape index (κ1) is 21.9. The summed E-state index contributed by atoms with van der Waals surface area (Å²) in [5, 5.41) is 4.53. The molecule has 0 spiro atoms. The van der Waals surface area contributed by atoms with E-state index < -0.39 is 15.9 Å². The summed E-state index contributed by atoms with van der Waals surface area (Å²) in [5.74, 6) is 2.28. The van der Waals surface area contributed by atoms with E-state index in [1.807, 2.05) is 13.0 Å². The van der Waals surface area contributed by atoms with Crippen LogP contribution < -0.4 is 14.8 Å². The fourth-order valence-corrected chi connectivity index (χ4v) is 6.94. The number of carbonyl (C=O) groups excluding carboxylic acids is 1. The normalized spacial score (nSPS) is 16.2. The summed E-state index contributed by atoms with van der Waals surface area (Å²) < 4.78 is 38.0. The number of sulfonamides is 1. The number of rotatable bonds is 7. The van der Waals surface area contributed by atoms with Gasteiger partial charge in [-0.3, -0.25) is 4.79 Å². The largest absolute Gasteiger partial charge is 0.493 e. The first-order valence-corrected chi connectivity index (χ1v) is 12.5. The van der Waals surface area contributed by atoms with Crippen LogP contribution in [0, 0.1) is 0 Å². The molecule has 1 atom stereocenters. The van der Waals surface area contributed by atoms with Crippen molar-refractivity contribution >= 4 is 39.0 Å². The molecule has 0 bridgehead atoms. The Labute approximate surface area is 179 Å². The predicted octanol–water partition coefficient (Wildman–Crippen LogP) is 2.99. The van der Waals surface area contributed by atoms with Gasteiger partial charge in [0.25, 0.3) is 5.91 Å². The third kappa shape index (κ3) is 4.71. The maximum Gasteiger partial charge on any atom is 0.263 e. The quantitative estimate of drug-likeness (QED) is 0.690. The number of amides is 1. The minimum atomic E-state index is -3.68. The minimum absolute atomic E-state index is 0.0754. The van der Waals surface area contributed by atoms with Crippen molar-refractivity contribution in [3.63, 3.8) is 0 Å². The third-order valence-corrected chi connectivity index (χ3v) is 8.60. The highest BCUT2D eigenvalue weighted by atomic mass is 32.2. The summed E-state index contributed by atoms with van der Waals surface area (Å²) in [6, 6.07) is 6.57. The lowest BCUT2D eigenvalue weighted by atomic mass is 10.1. The zero-order valence-electron chi connectivity index (χ0n) is 16.5. The van der Waals surface area contributed by atoms with Gasteiger partial charge in [-0.25, -0.2) is 8.42 Å². The topological polar surface area (TPSA) is 84.9 Å². The van der Waals surface area contributed by atoms with Crippen molar-refractivity contribution < 1.29 is 22.7 Å². The summed E-state index contributed by atoms with van der Waals surface area (Å²) in [5.41, 5.74) is 0.824. The van der Waals surface area contributed by atoms with Gasteiger partial charge in [0.1, 0.15) is 9.77 Å². The maximum absolute atomic E-state index is 13.0. The molecule has 10 heteroatoms. The van der Waals surface area contributed by atoms with Gasteiger partial charge < -0.3 is 14.8 Å². The van der Waals surface area contributed by atoms with Crippen LogP contribution in [-0.2, 0) is 10.0 Å². The minimum Gasteiger partial charge on any atom is -0.493 e. The van der Waals surface area contributed by atoms with Crippen LogP contribution in [0.15, 0.2) is 34.5 Å². The lowest BCUT2D eigenvalue weighted by Gasteiger charge is -2.25. The van der Waals surface area contributed by atoms with Crippen LogP contribution in [0.2, 0.25) is 0 Å². The molecular weight excluding hydrogens is 432 g/mol. The lowest BCUT2D eigenvalue weighted by molar-refractivity contribution is 0.0940. The summed E-state index contributed by atoms with van der Waals surface area (Å²) >= 11 is 2.86. The molecule has 7 nitrogen and oxygen atoms in total. The molecule has 1 amide bonds. The zero-order valence-corrected chi connectivity index (χ0v) is 19.0. The average Bonchev–Trinajstić information content (AvgIpc) is 3.25. The van der Waals surface area contributed by atoms with E-state index in [1.165, 1.54) is 10.4 Å². The SMILES string of the molecule is COc1ccc(C(C)NC(=O)c2sccc2S(=O)(=O)N2CCSCC2)cc1OC. The second-order valence-electron chi connectivity index (χ2n) is 6.44. The molecule has 2 heterocycles. The first-order chi connectivity index (χ1) is 13.9. The number of benzene rings is 1. The first-order valence-electron chi connectivity index (χ1n) is 9.06. The zero-order chi connectivity index (χ0) is 21.0. The van der Waals surface area contributed by atoms with E-state index in [0.717, 1.165) is 28.4 Å². The molecule has 3 rings (SSSR count). The van der Waals surface area contributed by atoms with Crippen molar-refractivity contribution in [1.29, 1.82) is 0 Å². The highest BCUT2D eigenvalue weighted by Crippen LogP contribution is 2.31. The molecule has 1 N–H and O–H groups in total. The van der Waals surface area contributed by atoms with Gasteiger partial charge in [-0.2, -0.15) is 16.1 Å². The van der Waals surface area contributed by atoms with Gasteiger partial charge in [0.15, 0.2) is 11.5 Å². The van der Waals surface area contributed by atoms with Crippen LogP contribution in [0.1, 0.15) is 28.2 Å². The fourth-order valence-electron chi connectivity index (χ4n) is 3.06. The maximum atomic E-state index is 13.0. The molecule has 1 aromatic heterocycles. The highest BCUT2D eigenvalue weighted by molar-refractivity contribution is 7.99. The van der Waals surface area contributed by atoms with Crippen molar-refractivity contribution in [2.24, 2.45) is 0 Å². The molecule has 0 saturated carbocycles. The summed E-state index contributed by atoms with van der Waals surface area (Å²) in [6.45, 7) is 2.76. The molecule has 1 fully saturated rings. The molecule has 0 aliphatic carbocycles. The van der Waals surface area contributed by atoms with Crippen LogP contribution in [0.5, 0.6) is 11.5 Å². The van der Waals surface area contributed by atoms with Gasteiger partial charge in [-0.15, -0.1) is 11.3 Å². The van der Waals surface area contributed by atoms with E-state index in [0.29, 0.717) is 24.6 Å². The van der Waals surface area contributed by atoms with E-state index in [-0.39, 0.29) is 15.8 Å². The van der Waals surface area contributed by atoms with Gasteiger partial charge in [0.05, 0.1) is 20.3 Å². The number of hydrogen-bond donors (Lipinski definition) is 1. The third-order valence-electron chi connectivity index (χ3n) is 4.68. The highest BCUT2D eigenvalue weighted by Gasteiger charge is 2.31. The number of carbonyl (C=O) groups is 1. The van der Waals surface area contributed by atoms with Crippen molar-refractivity contribution in [3.8, 4) is 11.5 Å². The predicted molar refractivity (Wildman–Crippen MR) is 116 cm³/mol. The Morgan fingerprint density at radius 1 is 1.14 bits per heavy atom. The Balaban J connectivity index is 1.79. The molecule has 1 unspecified atom stereocenters. The monoisotopic (exact) mass is 456 g/mol. The molecule has 1 aliphatic heterocycles. The van der Waals surface area contributed by atoms with Crippen LogP contribution in [0.25, 0.3) is 0 Å². The Bertz CT molecular complexity index is 968. The van der Waals surface area contributed by atoms with E-state index in [1.54, 1.807) is 43.5 Å². The van der Waals surface area contributed by atoms with E-state index >= 15 is 0 Å². The summed E-state index contributed by atoms with van der Waals surface area (Å²) in [7, 11) is -0.575. The van der Waals surface area contributed by atoms with Crippen LogP contribution >= 0.6 is 23.1 Å². The van der Waals surface area contributed by atoms with Crippen molar-refractivity contribution in [2.75, 3.05) is 38.8 Å². The molecule has 1 aliphatic rings. The molecule has 2 aromatic rings. The number of thioether (sulfide) groups is 1. The average molecular weight is 457 g/mol. The van der Waals surface area contributed by atoms with Crippen LogP contribution in [0.4, 0.5) is 0 Å². The molecule has 0 radical (unpaired) electrons. The number of hydrogen-bond acceptors (Lipinski definition) is 7. The van der Waals surface area contributed by atoms with Gasteiger partial charge in [-0.1, -0.05) is 6.07 Å². The second kappa shape index (κ2) is 9.38. The van der Waals surface area contributed by atoms with Crippen LogP contribution in [0.3, 0.4) is 0 Å². The van der Waals surface area contributed by atoms with Gasteiger partial charge in [0.2, 0.25) is 10.0 Å². The van der Waals surface area contributed by atoms with E-state index in [9.17, 15) is 13.2 Å². The molecular formula is C19H24N2O5S3. The Hall–Kier alpha value is -1.75.